The predicted molar refractivity (Wildman–Crippen MR) is 70.2 cm³/mol. The minimum absolute atomic E-state index is 0.175. The molecule has 0 radical (unpaired) electrons. The van der Waals surface area contributed by atoms with Crippen molar-refractivity contribution in [1.82, 2.24) is 9.55 Å². The van der Waals surface area contributed by atoms with Gasteiger partial charge in [0.2, 0.25) is 0 Å². The monoisotopic (exact) mass is 302 g/mol. The summed E-state index contributed by atoms with van der Waals surface area (Å²) in [6, 6.07) is 4.47. The van der Waals surface area contributed by atoms with Crippen LogP contribution in [0.25, 0.3) is 0 Å². The third-order valence-corrected chi connectivity index (χ3v) is 4.02. The average molecular weight is 303 g/mol. The van der Waals surface area contributed by atoms with Gasteiger partial charge in [0.1, 0.15) is 11.6 Å². The summed E-state index contributed by atoms with van der Waals surface area (Å²) in [5.74, 6) is 0.232. The van der Waals surface area contributed by atoms with Crippen molar-refractivity contribution in [2.45, 2.75) is 25.4 Å². The first-order valence-electron chi connectivity index (χ1n) is 5.51. The second-order valence-corrected chi connectivity index (χ2v) is 6.78. The summed E-state index contributed by atoms with van der Waals surface area (Å²) < 4.78 is 37.1. The van der Waals surface area contributed by atoms with Crippen molar-refractivity contribution in [2.24, 2.45) is 0 Å². The first kappa shape index (κ1) is 14.0. The highest BCUT2D eigenvalue weighted by molar-refractivity contribution is 8.13. The molecule has 0 spiro atoms. The van der Waals surface area contributed by atoms with Gasteiger partial charge in [0.25, 0.3) is 9.05 Å². The molecule has 0 saturated heterocycles. The SMILES string of the molecule is Cc1cc(F)ccc1Cn1cc(S(=O)(=O)Cl)nc1C. The van der Waals surface area contributed by atoms with E-state index in [0.29, 0.717) is 12.4 Å². The second kappa shape index (κ2) is 4.94. The van der Waals surface area contributed by atoms with Crippen molar-refractivity contribution in [2.75, 3.05) is 0 Å². The van der Waals surface area contributed by atoms with E-state index in [9.17, 15) is 12.8 Å². The Labute approximate surface area is 115 Å². The fourth-order valence-corrected chi connectivity index (χ4v) is 2.49. The van der Waals surface area contributed by atoms with Crippen molar-refractivity contribution in [3.63, 3.8) is 0 Å². The molecule has 0 unspecified atom stereocenters. The Bertz CT molecular complexity index is 725. The maximum atomic E-state index is 13.0. The lowest BCUT2D eigenvalue weighted by atomic mass is 10.1. The number of imidazole rings is 1. The quantitative estimate of drug-likeness (QED) is 0.819. The first-order valence-corrected chi connectivity index (χ1v) is 7.82. The lowest BCUT2D eigenvalue weighted by Crippen LogP contribution is -2.02. The van der Waals surface area contributed by atoms with E-state index in [4.69, 9.17) is 10.7 Å². The third kappa shape index (κ3) is 3.13. The number of benzene rings is 1. The summed E-state index contributed by atoms with van der Waals surface area (Å²) in [7, 11) is 1.41. The lowest BCUT2D eigenvalue weighted by Gasteiger charge is -2.08. The predicted octanol–water partition coefficient (Wildman–Crippen LogP) is 2.61. The maximum Gasteiger partial charge on any atom is 0.280 e. The van der Waals surface area contributed by atoms with E-state index < -0.39 is 9.05 Å². The van der Waals surface area contributed by atoms with E-state index in [0.717, 1.165) is 11.1 Å². The van der Waals surface area contributed by atoms with Crippen LogP contribution in [0.4, 0.5) is 4.39 Å². The molecule has 0 aliphatic heterocycles. The van der Waals surface area contributed by atoms with Crippen LogP contribution in [0.2, 0.25) is 0 Å². The Morgan fingerprint density at radius 1 is 1.37 bits per heavy atom. The van der Waals surface area contributed by atoms with Crippen molar-refractivity contribution >= 4 is 19.7 Å². The molecule has 0 saturated carbocycles. The molecule has 7 heteroatoms. The van der Waals surface area contributed by atoms with Gasteiger partial charge in [-0.1, -0.05) is 6.07 Å². The highest BCUT2D eigenvalue weighted by Gasteiger charge is 2.16. The number of nitrogens with zero attached hydrogens (tertiary/aromatic N) is 2. The zero-order chi connectivity index (χ0) is 14.2. The van der Waals surface area contributed by atoms with Crippen molar-refractivity contribution in [3.8, 4) is 0 Å². The van der Waals surface area contributed by atoms with Gasteiger partial charge in [0.05, 0.1) is 0 Å². The van der Waals surface area contributed by atoms with E-state index in [1.165, 1.54) is 18.3 Å². The number of rotatable bonds is 3. The van der Waals surface area contributed by atoms with E-state index in [-0.39, 0.29) is 10.8 Å². The van der Waals surface area contributed by atoms with Crippen molar-refractivity contribution < 1.29 is 12.8 Å². The van der Waals surface area contributed by atoms with Crippen LogP contribution in [0, 0.1) is 19.7 Å². The van der Waals surface area contributed by atoms with Crippen LogP contribution in [0.15, 0.2) is 29.4 Å². The Morgan fingerprint density at radius 3 is 2.58 bits per heavy atom. The van der Waals surface area contributed by atoms with Gasteiger partial charge in [-0.3, -0.25) is 0 Å². The molecule has 102 valence electrons. The molecule has 1 heterocycles. The minimum atomic E-state index is -3.83. The number of aryl methyl sites for hydroxylation is 2. The maximum absolute atomic E-state index is 13.0. The van der Waals surface area contributed by atoms with Gasteiger partial charge in [-0.25, -0.2) is 17.8 Å². The number of halogens is 2. The zero-order valence-corrected chi connectivity index (χ0v) is 12.0. The molecule has 0 aliphatic carbocycles. The Hall–Kier alpha value is -1.40. The van der Waals surface area contributed by atoms with Crippen LogP contribution in [0.3, 0.4) is 0 Å². The molecule has 0 bridgehead atoms. The Balaban J connectivity index is 2.36. The van der Waals surface area contributed by atoms with E-state index in [2.05, 4.69) is 4.98 Å². The molecular formula is C12H12ClFN2O2S. The van der Waals surface area contributed by atoms with Gasteiger partial charge in [-0.05, 0) is 37.1 Å². The average Bonchev–Trinajstić information content (AvgIpc) is 2.64. The molecule has 0 atom stereocenters. The van der Waals surface area contributed by atoms with Crippen LogP contribution >= 0.6 is 10.7 Å². The number of hydrogen-bond donors (Lipinski definition) is 0. The summed E-state index contributed by atoms with van der Waals surface area (Å²) in [6.45, 7) is 3.89. The van der Waals surface area contributed by atoms with Gasteiger partial charge >= 0.3 is 0 Å². The first-order chi connectivity index (χ1) is 8.77. The summed E-state index contributed by atoms with van der Waals surface area (Å²) in [6.07, 6.45) is 1.38. The zero-order valence-electron chi connectivity index (χ0n) is 10.4. The van der Waals surface area contributed by atoms with Crippen LogP contribution < -0.4 is 0 Å². The molecule has 0 N–H and O–H groups in total. The summed E-state index contributed by atoms with van der Waals surface area (Å²) in [4.78, 5) is 3.89. The molecule has 0 aliphatic rings. The molecule has 2 rings (SSSR count). The van der Waals surface area contributed by atoms with Gasteiger partial charge in [-0.2, -0.15) is 0 Å². The number of aromatic nitrogens is 2. The molecular weight excluding hydrogens is 291 g/mol. The molecule has 2 aromatic rings. The van der Waals surface area contributed by atoms with Crippen molar-refractivity contribution in [1.29, 1.82) is 0 Å². The van der Waals surface area contributed by atoms with E-state index in [1.807, 2.05) is 0 Å². The Morgan fingerprint density at radius 2 is 2.05 bits per heavy atom. The summed E-state index contributed by atoms with van der Waals surface area (Å²) in [5.41, 5.74) is 1.68. The molecule has 19 heavy (non-hydrogen) atoms. The smallest absolute Gasteiger partial charge is 0.280 e. The van der Waals surface area contributed by atoms with Crippen LogP contribution in [-0.4, -0.2) is 18.0 Å². The Kier molecular flexibility index (Phi) is 3.64. The fraction of sp³-hybridized carbons (Fsp3) is 0.250. The molecule has 1 aromatic carbocycles. The lowest BCUT2D eigenvalue weighted by molar-refractivity contribution is 0.606. The fourth-order valence-electron chi connectivity index (χ4n) is 1.78. The molecule has 0 amide bonds. The highest BCUT2D eigenvalue weighted by atomic mass is 35.7. The molecule has 4 nitrogen and oxygen atoms in total. The normalized spacial score (nSPS) is 11.8. The second-order valence-electron chi connectivity index (χ2n) is 4.26. The standard InChI is InChI=1S/C12H12ClFN2O2S/c1-8-5-11(14)4-3-10(8)6-16-7-12(15-9(16)2)19(13,17)18/h3-5,7H,6H2,1-2H3. The van der Waals surface area contributed by atoms with Crippen LogP contribution in [0.5, 0.6) is 0 Å². The van der Waals surface area contributed by atoms with Gasteiger partial charge in [-0.15, -0.1) is 0 Å². The summed E-state index contributed by atoms with van der Waals surface area (Å²) >= 11 is 0. The highest BCUT2D eigenvalue weighted by Crippen LogP contribution is 2.17. The van der Waals surface area contributed by atoms with E-state index in [1.54, 1.807) is 24.5 Å². The molecule has 1 aromatic heterocycles. The number of hydrogen-bond acceptors (Lipinski definition) is 3. The van der Waals surface area contributed by atoms with Crippen LogP contribution in [0.1, 0.15) is 17.0 Å². The summed E-state index contributed by atoms with van der Waals surface area (Å²) in [5, 5.41) is -0.175. The largest absolute Gasteiger partial charge is 0.329 e. The van der Waals surface area contributed by atoms with Crippen LogP contribution in [-0.2, 0) is 15.6 Å². The van der Waals surface area contributed by atoms with Gasteiger partial charge in [0.15, 0.2) is 5.03 Å². The van der Waals surface area contributed by atoms with Gasteiger partial charge in [0, 0.05) is 23.4 Å². The third-order valence-electron chi connectivity index (χ3n) is 2.85. The van der Waals surface area contributed by atoms with Crippen molar-refractivity contribution in [3.05, 3.63) is 47.2 Å². The van der Waals surface area contributed by atoms with E-state index >= 15 is 0 Å². The topological polar surface area (TPSA) is 52.0 Å². The minimum Gasteiger partial charge on any atom is -0.329 e. The molecule has 0 fully saturated rings. The van der Waals surface area contributed by atoms with Gasteiger partial charge < -0.3 is 4.57 Å².